The lowest BCUT2D eigenvalue weighted by molar-refractivity contribution is 0.0952. The van der Waals surface area contributed by atoms with Gasteiger partial charge in [-0.3, -0.25) is 4.79 Å². The van der Waals surface area contributed by atoms with Crippen LogP contribution in [0, 0.1) is 0 Å². The number of hydrazone groups is 1. The first-order chi connectivity index (χ1) is 9.06. The number of carbonyl (C=O) groups is 1. The molecule has 1 amide bonds. The Kier molecular flexibility index (Phi) is 4.57. The molecule has 4 nitrogen and oxygen atoms in total. The fourth-order valence-electron chi connectivity index (χ4n) is 1.30. The third-order valence-electron chi connectivity index (χ3n) is 2.16. The van der Waals surface area contributed by atoms with Crippen LogP contribution < -0.4 is 5.43 Å². The topological polar surface area (TPSA) is 61.7 Å². The molecular weight excluding hydrogens is 352 g/mol. The molecule has 0 radical (unpaired) electrons. The molecule has 0 unspecified atom stereocenters. The highest BCUT2D eigenvalue weighted by molar-refractivity contribution is 9.11. The van der Waals surface area contributed by atoms with Crippen molar-refractivity contribution < 1.29 is 9.90 Å². The summed E-state index contributed by atoms with van der Waals surface area (Å²) in [6.45, 7) is 0. The zero-order chi connectivity index (χ0) is 13.8. The predicted octanol–water partition coefficient (Wildman–Crippen LogP) is 3.63. The Morgan fingerprint density at radius 2 is 2.21 bits per heavy atom. The summed E-state index contributed by atoms with van der Waals surface area (Å²) in [5.74, 6) is -0.664. The summed E-state index contributed by atoms with van der Waals surface area (Å²) in [5, 5.41) is 13.7. The van der Waals surface area contributed by atoms with Crippen molar-refractivity contribution >= 4 is 51.0 Å². The van der Waals surface area contributed by atoms with Gasteiger partial charge in [0, 0.05) is 9.90 Å². The van der Waals surface area contributed by atoms with Gasteiger partial charge in [0.15, 0.2) is 0 Å². The lowest BCUT2D eigenvalue weighted by atomic mass is 10.2. The SMILES string of the molecule is O=C(N/N=C/c1ccc(Br)s1)c1cc(Cl)ccc1O. The molecule has 0 bridgehead atoms. The molecule has 0 aliphatic rings. The number of carbonyl (C=O) groups excluding carboxylic acids is 1. The zero-order valence-electron chi connectivity index (χ0n) is 9.43. The van der Waals surface area contributed by atoms with Crippen LogP contribution in [0.1, 0.15) is 15.2 Å². The molecule has 2 rings (SSSR count). The average Bonchev–Trinajstić information content (AvgIpc) is 2.78. The Morgan fingerprint density at radius 1 is 1.42 bits per heavy atom. The van der Waals surface area contributed by atoms with Gasteiger partial charge in [0.05, 0.1) is 15.6 Å². The second kappa shape index (κ2) is 6.18. The van der Waals surface area contributed by atoms with Crippen molar-refractivity contribution in [2.45, 2.75) is 0 Å². The maximum atomic E-state index is 11.8. The number of nitrogens with zero attached hydrogens (tertiary/aromatic N) is 1. The van der Waals surface area contributed by atoms with E-state index in [-0.39, 0.29) is 11.3 Å². The minimum absolute atomic E-state index is 0.0806. The fraction of sp³-hybridized carbons (Fsp3) is 0. The van der Waals surface area contributed by atoms with Gasteiger partial charge < -0.3 is 5.11 Å². The summed E-state index contributed by atoms with van der Waals surface area (Å²) in [6.07, 6.45) is 1.52. The van der Waals surface area contributed by atoms with E-state index in [1.54, 1.807) is 0 Å². The molecule has 0 fully saturated rings. The Labute approximate surface area is 126 Å². The molecule has 0 spiro atoms. The molecular formula is C12H8BrClN2O2S. The summed E-state index contributed by atoms with van der Waals surface area (Å²) >= 11 is 10.6. The molecule has 0 aliphatic carbocycles. The van der Waals surface area contributed by atoms with E-state index in [4.69, 9.17) is 11.6 Å². The highest BCUT2D eigenvalue weighted by Crippen LogP contribution is 2.22. The molecule has 7 heteroatoms. The highest BCUT2D eigenvalue weighted by atomic mass is 79.9. The van der Waals surface area contributed by atoms with Crippen LogP contribution in [0.5, 0.6) is 5.75 Å². The summed E-state index contributed by atoms with van der Waals surface area (Å²) < 4.78 is 0.979. The van der Waals surface area contributed by atoms with Gasteiger partial charge in [-0.2, -0.15) is 5.10 Å². The van der Waals surface area contributed by atoms with Crippen molar-refractivity contribution in [3.63, 3.8) is 0 Å². The second-order valence-corrected chi connectivity index (χ2v) is 6.43. The highest BCUT2D eigenvalue weighted by Gasteiger charge is 2.10. The third kappa shape index (κ3) is 3.79. The number of hydrogen-bond donors (Lipinski definition) is 2. The maximum Gasteiger partial charge on any atom is 0.275 e. The zero-order valence-corrected chi connectivity index (χ0v) is 12.6. The number of benzene rings is 1. The van der Waals surface area contributed by atoms with Crippen LogP contribution in [0.25, 0.3) is 0 Å². The smallest absolute Gasteiger partial charge is 0.275 e. The number of rotatable bonds is 3. The first kappa shape index (κ1) is 14.0. The fourth-order valence-corrected chi connectivity index (χ4v) is 2.77. The lowest BCUT2D eigenvalue weighted by Crippen LogP contribution is -2.17. The molecule has 0 saturated heterocycles. The molecule has 2 N–H and O–H groups in total. The van der Waals surface area contributed by atoms with Crippen molar-refractivity contribution in [3.05, 3.63) is 49.6 Å². The summed E-state index contributed by atoms with van der Waals surface area (Å²) in [7, 11) is 0. The number of phenolic OH excluding ortho intramolecular Hbond substituents is 1. The Balaban J connectivity index is 2.05. The van der Waals surface area contributed by atoms with E-state index in [0.717, 1.165) is 8.66 Å². The van der Waals surface area contributed by atoms with Crippen molar-refractivity contribution in [1.29, 1.82) is 0 Å². The number of aromatic hydroxyl groups is 1. The van der Waals surface area contributed by atoms with E-state index in [9.17, 15) is 9.90 Å². The third-order valence-corrected chi connectivity index (χ3v) is 3.95. The molecule has 0 atom stereocenters. The van der Waals surface area contributed by atoms with Gasteiger partial charge in [0.1, 0.15) is 5.75 Å². The van der Waals surface area contributed by atoms with Gasteiger partial charge in [0.25, 0.3) is 5.91 Å². The molecule has 2 aromatic rings. The van der Waals surface area contributed by atoms with E-state index >= 15 is 0 Å². The summed E-state index contributed by atoms with van der Waals surface area (Å²) in [6, 6.07) is 7.98. The molecule has 98 valence electrons. The van der Waals surface area contributed by atoms with E-state index < -0.39 is 5.91 Å². The van der Waals surface area contributed by atoms with Crippen molar-refractivity contribution in [1.82, 2.24) is 5.43 Å². The minimum Gasteiger partial charge on any atom is -0.507 e. The van der Waals surface area contributed by atoms with E-state index in [0.29, 0.717) is 5.02 Å². The quantitative estimate of drug-likeness (QED) is 0.649. The number of phenols is 1. The predicted molar refractivity (Wildman–Crippen MR) is 80.2 cm³/mol. The number of hydrogen-bond acceptors (Lipinski definition) is 4. The minimum atomic E-state index is -0.521. The molecule has 1 aromatic heterocycles. The molecule has 1 heterocycles. The number of halogens is 2. The largest absolute Gasteiger partial charge is 0.507 e. The number of nitrogens with one attached hydrogen (secondary N) is 1. The number of thiophene rings is 1. The van der Waals surface area contributed by atoms with Crippen LogP contribution in [-0.2, 0) is 0 Å². The Morgan fingerprint density at radius 3 is 2.89 bits per heavy atom. The van der Waals surface area contributed by atoms with Crippen LogP contribution in [0.2, 0.25) is 5.02 Å². The van der Waals surface area contributed by atoms with Crippen molar-refractivity contribution in [2.75, 3.05) is 0 Å². The van der Waals surface area contributed by atoms with Crippen LogP contribution >= 0.6 is 38.9 Å². The molecule has 0 aliphatic heterocycles. The monoisotopic (exact) mass is 358 g/mol. The van der Waals surface area contributed by atoms with E-state index in [1.165, 1.54) is 35.8 Å². The van der Waals surface area contributed by atoms with E-state index in [1.807, 2.05) is 12.1 Å². The van der Waals surface area contributed by atoms with Crippen molar-refractivity contribution in [3.8, 4) is 5.75 Å². The lowest BCUT2D eigenvalue weighted by Gasteiger charge is -2.02. The second-order valence-electron chi connectivity index (χ2n) is 3.50. The van der Waals surface area contributed by atoms with Gasteiger partial charge in [0.2, 0.25) is 0 Å². The van der Waals surface area contributed by atoms with Gasteiger partial charge >= 0.3 is 0 Å². The summed E-state index contributed by atoms with van der Waals surface area (Å²) in [5.41, 5.74) is 2.41. The van der Waals surface area contributed by atoms with Gasteiger partial charge in [-0.25, -0.2) is 5.43 Å². The van der Waals surface area contributed by atoms with Gasteiger partial charge in [-0.1, -0.05) is 11.6 Å². The van der Waals surface area contributed by atoms with Gasteiger partial charge in [-0.05, 0) is 46.3 Å². The first-order valence-electron chi connectivity index (χ1n) is 5.13. The molecule has 1 aromatic carbocycles. The van der Waals surface area contributed by atoms with Crippen LogP contribution in [-0.4, -0.2) is 17.2 Å². The van der Waals surface area contributed by atoms with Crippen LogP contribution in [0.15, 0.2) is 39.2 Å². The van der Waals surface area contributed by atoms with Crippen molar-refractivity contribution in [2.24, 2.45) is 5.10 Å². The van der Waals surface area contributed by atoms with Gasteiger partial charge in [-0.15, -0.1) is 11.3 Å². The first-order valence-corrected chi connectivity index (χ1v) is 7.12. The average molecular weight is 360 g/mol. The standard InChI is InChI=1S/C12H8BrClN2O2S/c13-11-4-2-8(19-11)6-15-16-12(18)9-5-7(14)1-3-10(9)17/h1-6,17H,(H,16,18)/b15-6+. The van der Waals surface area contributed by atoms with Crippen LogP contribution in [0.3, 0.4) is 0 Å². The number of amides is 1. The Hall–Kier alpha value is -1.37. The van der Waals surface area contributed by atoms with Crippen LogP contribution in [0.4, 0.5) is 0 Å². The summed E-state index contributed by atoms with van der Waals surface area (Å²) in [4.78, 5) is 12.7. The molecule has 0 saturated carbocycles. The molecule has 19 heavy (non-hydrogen) atoms. The normalized spacial score (nSPS) is 10.8. The van der Waals surface area contributed by atoms with E-state index in [2.05, 4.69) is 26.5 Å². The maximum absolute atomic E-state index is 11.8. The Bertz CT molecular complexity index is 642.